The van der Waals surface area contributed by atoms with E-state index in [-0.39, 0.29) is 5.91 Å². The van der Waals surface area contributed by atoms with E-state index >= 15 is 0 Å². The summed E-state index contributed by atoms with van der Waals surface area (Å²) < 4.78 is 12.3. The van der Waals surface area contributed by atoms with Gasteiger partial charge in [-0.1, -0.05) is 12.1 Å². The lowest BCUT2D eigenvalue weighted by atomic mass is 10.2. The molecule has 0 saturated heterocycles. The fourth-order valence-electron chi connectivity index (χ4n) is 2.89. The number of fused-ring (bicyclic) bond motifs is 1. The van der Waals surface area contributed by atoms with Crippen LogP contribution in [-0.4, -0.2) is 34.7 Å². The van der Waals surface area contributed by atoms with Crippen molar-refractivity contribution in [3.63, 3.8) is 0 Å². The lowest BCUT2D eigenvalue weighted by Gasteiger charge is -2.10. The van der Waals surface area contributed by atoms with Crippen LogP contribution in [0.1, 0.15) is 10.4 Å². The molecular weight excluding hydrogens is 356 g/mol. The lowest BCUT2D eigenvalue weighted by Crippen LogP contribution is -2.12. The highest BCUT2D eigenvalue weighted by Gasteiger charge is 2.11. The van der Waals surface area contributed by atoms with E-state index < -0.39 is 0 Å². The summed E-state index contributed by atoms with van der Waals surface area (Å²) in [5.74, 6) is 1.53. The highest BCUT2D eigenvalue weighted by molar-refractivity contribution is 6.04. The molecule has 2 heterocycles. The maximum Gasteiger partial charge on any atom is 0.255 e. The van der Waals surface area contributed by atoms with Gasteiger partial charge in [-0.3, -0.25) is 9.36 Å². The van der Waals surface area contributed by atoms with E-state index in [4.69, 9.17) is 9.47 Å². The fraction of sp³-hybridized carbons (Fsp3) is 0.0952. The van der Waals surface area contributed by atoms with Crippen LogP contribution in [0.15, 0.2) is 67.1 Å². The Kier molecular flexibility index (Phi) is 4.63. The van der Waals surface area contributed by atoms with Gasteiger partial charge in [-0.05, 0) is 36.4 Å². The zero-order chi connectivity index (χ0) is 19.5. The van der Waals surface area contributed by atoms with Gasteiger partial charge < -0.3 is 14.8 Å². The summed E-state index contributed by atoms with van der Waals surface area (Å²) in [5.41, 5.74) is 2.88. The normalized spacial score (nSPS) is 10.6. The van der Waals surface area contributed by atoms with Gasteiger partial charge in [-0.15, -0.1) is 0 Å². The number of anilines is 1. The van der Waals surface area contributed by atoms with Crippen molar-refractivity contribution in [3.05, 3.63) is 72.7 Å². The van der Waals surface area contributed by atoms with Crippen LogP contribution in [0.4, 0.5) is 5.69 Å². The molecule has 2 aromatic carbocycles. The molecule has 7 heteroatoms. The number of methoxy groups -OCH3 is 2. The Morgan fingerprint density at radius 3 is 2.39 bits per heavy atom. The molecule has 0 atom stereocenters. The van der Waals surface area contributed by atoms with Crippen LogP contribution in [0.3, 0.4) is 0 Å². The van der Waals surface area contributed by atoms with Gasteiger partial charge in [-0.2, -0.15) is 0 Å². The van der Waals surface area contributed by atoms with E-state index in [2.05, 4.69) is 15.3 Å². The van der Waals surface area contributed by atoms with Crippen molar-refractivity contribution in [1.29, 1.82) is 0 Å². The number of imidazole rings is 1. The number of ether oxygens (including phenoxy) is 2. The molecule has 4 aromatic rings. The van der Waals surface area contributed by atoms with Crippen molar-refractivity contribution >= 4 is 22.6 Å². The molecule has 4 rings (SSSR count). The summed E-state index contributed by atoms with van der Waals surface area (Å²) in [6.45, 7) is 0. The predicted molar refractivity (Wildman–Crippen MR) is 106 cm³/mol. The van der Waals surface area contributed by atoms with Crippen LogP contribution in [0.25, 0.3) is 16.9 Å². The van der Waals surface area contributed by atoms with Gasteiger partial charge in [0.2, 0.25) is 0 Å². The topological polar surface area (TPSA) is 78.3 Å². The maximum atomic E-state index is 12.6. The quantitative estimate of drug-likeness (QED) is 0.576. The predicted octanol–water partition coefficient (Wildman–Crippen LogP) is 3.69. The van der Waals surface area contributed by atoms with Crippen LogP contribution in [0.5, 0.6) is 11.5 Å². The van der Waals surface area contributed by atoms with Crippen molar-refractivity contribution in [1.82, 2.24) is 14.5 Å². The summed E-state index contributed by atoms with van der Waals surface area (Å²) in [5, 5.41) is 2.83. The SMILES string of the molecule is COc1cc(OC)cc(C(=O)Nc2ccc(-n3cnc4ccccc43)nc2)c1. The number of amides is 1. The standard InChI is InChI=1S/C21H18N4O3/c1-27-16-9-14(10-17(11-16)28-2)21(26)24-15-7-8-20(22-12-15)25-13-23-18-5-3-4-6-19(18)25/h3-13H,1-2H3,(H,24,26). The van der Waals surface area contributed by atoms with Crippen molar-refractivity contribution in [2.24, 2.45) is 0 Å². The smallest absolute Gasteiger partial charge is 0.255 e. The molecule has 140 valence electrons. The van der Waals surface area contributed by atoms with Crippen molar-refractivity contribution in [3.8, 4) is 17.3 Å². The minimum Gasteiger partial charge on any atom is -0.497 e. The molecule has 0 radical (unpaired) electrons. The minimum absolute atomic E-state index is 0.278. The average molecular weight is 374 g/mol. The lowest BCUT2D eigenvalue weighted by molar-refractivity contribution is 0.102. The highest BCUT2D eigenvalue weighted by Crippen LogP contribution is 2.23. The van der Waals surface area contributed by atoms with E-state index in [1.165, 1.54) is 0 Å². The molecule has 0 bridgehead atoms. The van der Waals surface area contributed by atoms with Crippen LogP contribution < -0.4 is 14.8 Å². The molecule has 0 aliphatic carbocycles. The first kappa shape index (κ1) is 17.5. The van der Waals surface area contributed by atoms with Crippen LogP contribution in [-0.2, 0) is 0 Å². The van der Waals surface area contributed by atoms with Gasteiger partial charge in [0.15, 0.2) is 0 Å². The summed E-state index contributed by atoms with van der Waals surface area (Å²) in [6.07, 6.45) is 3.34. The van der Waals surface area contributed by atoms with Crippen molar-refractivity contribution < 1.29 is 14.3 Å². The number of para-hydroxylation sites is 2. The summed E-state index contributed by atoms with van der Waals surface area (Å²) >= 11 is 0. The average Bonchev–Trinajstić information content (AvgIpc) is 3.18. The van der Waals surface area contributed by atoms with E-state index in [1.807, 2.05) is 34.9 Å². The first-order valence-corrected chi connectivity index (χ1v) is 8.61. The zero-order valence-electron chi connectivity index (χ0n) is 15.4. The third-order valence-electron chi connectivity index (χ3n) is 4.32. The molecule has 0 spiro atoms. The Hall–Kier alpha value is -3.87. The monoisotopic (exact) mass is 374 g/mol. The number of pyridine rings is 1. The third-order valence-corrected chi connectivity index (χ3v) is 4.32. The zero-order valence-corrected chi connectivity index (χ0v) is 15.4. The summed E-state index contributed by atoms with van der Waals surface area (Å²) in [7, 11) is 3.08. The second-order valence-corrected chi connectivity index (χ2v) is 6.06. The maximum absolute atomic E-state index is 12.6. The van der Waals surface area contributed by atoms with E-state index in [9.17, 15) is 4.79 Å². The summed E-state index contributed by atoms with van der Waals surface area (Å²) in [4.78, 5) is 21.4. The number of rotatable bonds is 5. The van der Waals surface area contributed by atoms with Crippen LogP contribution in [0.2, 0.25) is 0 Å². The number of hydrogen-bond donors (Lipinski definition) is 1. The Morgan fingerprint density at radius 2 is 1.71 bits per heavy atom. The molecule has 1 amide bonds. The number of benzene rings is 2. The first-order valence-electron chi connectivity index (χ1n) is 8.61. The summed E-state index contributed by atoms with van der Waals surface area (Å²) in [6, 6.07) is 16.5. The Labute approximate surface area is 161 Å². The van der Waals surface area contributed by atoms with E-state index in [0.29, 0.717) is 22.7 Å². The van der Waals surface area contributed by atoms with Crippen molar-refractivity contribution in [2.45, 2.75) is 0 Å². The molecule has 7 nitrogen and oxygen atoms in total. The number of nitrogens with one attached hydrogen (secondary N) is 1. The Bertz CT molecular complexity index is 1110. The van der Waals surface area contributed by atoms with Gasteiger partial charge in [0.1, 0.15) is 23.6 Å². The molecular formula is C21H18N4O3. The molecule has 28 heavy (non-hydrogen) atoms. The number of nitrogens with zero attached hydrogens (tertiary/aromatic N) is 3. The number of carbonyl (C=O) groups excluding carboxylic acids is 1. The minimum atomic E-state index is -0.278. The molecule has 0 aliphatic rings. The molecule has 0 fully saturated rings. The molecule has 1 N–H and O–H groups in total. The molecule has 0 saturated carbocycles. The van der Waals surface area contributed by atoms with Gasteiger partial charge in [0, 0.05) is 11.6 Å². The number of hydrogen-bond acceptors (Lipinski definition) is 5. The van der Waals surface area contributed by atoms with Crippen LogP contribution >= 0.6 is 0 Å². The third kappa shape index (κ3) is 3.37. The van der Waals surface area contributed by atoms with Gasteiger partial charge in [-0.25, -0.2) is 9.97 Å². The second-order valence-electron chi connectivity index (χ2n) is 6.06. The van der Waals surface area contributed by atoms with E-state index in [1.54, 1.807) is 51.0 Å². The van der Waals surface area contributed by atoms with Gasteiger partial charge in [0.05, 0.1) is 37.1 Å². The second kappa shape index (κ2) is 7.40. The highest BCUT2D eigenvalue weighted by atomic mass is 16.5. The molecule has 0 unspecified atom stereocenters. The fourth-order valence-corrected chi connectivity index (χ4v) is 2.89. The van der Waals surface area contributed by atoms with Crippen molar-refractivity contribution in [2.75, 3.05) is 19.5 Å². The number of aromatic nitrogens is 3. The Morgan fingerprint density at radius 1 is 0.964 bits per heavy atom. The molecule has 0 aliphatic heterocycles. The van der Waals surface area contributed by atoms with Gasteiger partial charge >= 0.3 is 0 Å². The van der Waals surface area contributed by atoms with Crippen LogP contribution in [0, 0.1) is 0 Å². The van der Waals surface area contributed by atoms with E-state index in [0.717, 1.165) is 16.9 Å². The largest absolute Gasteiger partial charge is 0.497 e. The first-order chi connectivity index (χ1) is 13.7. The molecule has 2 aromatic heterocycles. The van der Waals surface area contributed by atoms with Gasteiger partial charge in [0.25, 0.3) is 5.91 Å². The Balaban J connectivity index is 1.56. The number of carbonyl (C=O) groups is 1.